The van der Waals surface area contributed by atoms with E-state index in [2.05, 4.69) is 188 Å². The van der Waals surface area contributed by atoms with E-state index in [0.29, 0.717) is 6.61 Å². The molecule has 2 atom stereocenters. The lowest BCUT2D eigenvalue weighted by Gasteiger charge is -2.60. The number of carbonyl (C=O) groups excluding carboxylic acids is 1. The SMILES string of the molecule is CCCCCC(CC(CC)(CC)CC)(CC(CC)(CC)CC)CC(CC(CC)(CC)CC)(CC(CC(CC)(CC)CC)(CC(CC)(CC)CC)CC(CC)(CC)CC)CC(C)(CC)C(=O)OCCOc1ccc2ccccc2c1. The van der Waals surface area contributed by atoms with E-state index in [9.17, 15) is 0 Å². The molecule has 79 heavy (non-hydrogen) atoms. The smallest absolute Gasteiger partial charge is 0.311 e. The van der Waals surface area contributed by atoms with Gasteiger partial charge in [0.05, 0.1) is 5.41 Å². The monoisotopic (exact) mass is 1100 g/mol. The Morgan fingerprint density at radius 2 is 0.658 bits per heavy atom. The Morgan fingerprint density at radius 1 is 0.342 bits per heavy atom. The van der Waals surface area contributed by atoms with Gasteiger partial charge in [0.2, 0.25) is 0 Å². The van der Waals surface area contributed by atoms with Crippen LogP contribution in [-0.2, 0) is 9.53 Å². The van der Waals surface area contributed by atoms with Crippen LogP contribution in [-0.4, -0.2) is 19.2 Å². The number of ether oxygens (including phenoxy) is 2. The normalized spacial score (nSPS) is 15.1. The predicted molar refractivity (Wildman–Crippen MR) is 352 cm³/mol. The van der Waals surface area contributed by atoms with Gasteiger partial charge in [-0.05, 0) is 149 Å². The largest absolute Gasteiger partial charge is 0.490 e. The van der Waals surface area contributed by atoms with E-state index in [-0.39, 0.29) is 61.3 Å². The average molecular weight is 1100 g/mol. The maximum atomic E-state index is 15.8. The Labute approximate surface area is 495 Å². The molecule has 3 nitrogen and oxygen atoms in total. The van der Waals surface area contributed by atoms with Crippen molar-refractivity contribution in [2.24, 2.45) is 54.1 Å². The Morgan fingerprint density at radius 3 is 1.00 bits per heavy atom. The van der Waals surface area contributed by atoms with Gasteiger partial charge < -0.3 is 9.47 Å². The fourth-order valence-electron chi connectivity index (χ4n) is 18.0. The number of unbranched alkanes of at least 4 members (excludes halogenated alkanes) is 2. The summed E-state index contributed by atoms with van der Waals surface area (Å²) in [7, 11) is 0. The van der Waals surface area contributed by atoms with Crippen LogP contribution in [0.25, 0.3) is 10.8 Å². The lowest BCUT2D eigenvalue weighted by molar-refractivity contribution is -0.162. The molecule has 0 N–H and O–H groups in total. The van der Waals surface area contributed by atoms with Crippen LogP contribution in [0, 0.1) is 54.1 Å². The lowest BCUT2D eigenvalue weighted by atomic mass is 9.45. The van der Waals surface area contributed by atoms with Crippen molar-refractivity contribution >= 4 is 16.7 Å². The predicted octanol–water partition coefficient (Wildman–Crippen LogP) is 25.5. The Hall–Kier alpha value is -2.03. The van der Waals surface area contributed by atoms with Gasteiger partial charge in [-0.2, -0.15) is 0 Å². The van der Waals surface area contributed by atoms with Crippen molar-refractivity contribution in [1.82, 2.24) is 0 Å². The number of benzene rings is 2. The van der Waals surface area contributed by atoms with Gasteiger partial charge in [-0.25, -0.2) is 0 Å². The second-order valence-electron chi connectivity index (χ2n) is 28.3. The summed E-state index contributed by atoms with van der Waals surface area (Å²) in [5.74, 6) is 0.822. The van der Waals surface area contributed by atoms with E-state index in [1.54, 1.807) is 0 Å². The van der Waals surface area contributed by atoms with Gasteiger partial charge in [0, 0.05) is 0 Å². The van der Waals surface area contributed by atoms with Crippen molar-refractivity contribution in [3.05, 3.63) is 42.5 Å². The van der Waals surface area contributed by atoms with Gasteiger partial charge in [0.1, 0.15) is 19.0 Å². The molecule has 2 aromatic carbocycles. The fourth-order valence-corrected chi connectivity index (χ4v) is 18.0. The highest BCUT2D eigenvalue weighted by molar-refractivity contribution is 5.83. The standard InChI is InChI=1S/C76H138O3/c1-22-42-45-50-74(55-68(24-3,25-4)26-5,56-69(27-6,28-7)29-8)61-75(57-70(30-9,31-10)32-11,54-67(21,23-2)66(77)79-52-51-78-65-49-48-63-46-43-44-47-64(63)53-65)62-76(58-71(33-12,34-13)35-14,59-72(36-15,37-16)38-17)60-73(39-18,40-19)41-20/h43-44,46-49,53H,22-42,45,50-52,54-62H2,1-21H3. The number of esters is 1. The first-order valence-electron chi connectivity index (χ1n) is 34.8. The Kier molecular flexibility index (Phi) is 30.9. The van der Waals surface area contributed by atoms with Gasteiger partial charge in [-0.1, -0.05) is 304 Å². The third-order valence-electron chi connectivity index (χ3n) is 25.2. The minimum atomic E-state index is -0.675. The minimum absolute atomic E-state index is 0.00567. The molecule has 0 aliphatic heterocycles. The van der Waals surface area contributed by atoms with Crippen molar-refractivity contribution < 1.29 is 14.3 Å². The lowest BCUT2D eigenvalue weighted by Crippen LogP contribution is -2.50. The van der Waals surface area contributed by atoms with Crippen LogP contribution in [0.3, 0.4) is 0 Å². The molecule has 3 heteroatoms. The number of hydrogen-bond acceptors (Lipinski definition) is 3. The molecular weight excluding hydrogens is 961 g/mol. The highest BCUT2D eigenvalue weighted by Gasteiger charge is 2.57. The molecule has 0 amide bonds. The molecule has 0 bridgehead atoms. The molecule has 0 saturated heterocycles. The van der Waals surface area contributed by atoms with Crippen LogP contribution in [0.5, 0.6) is 5.75 Å². The number of hydrogen-bond donors (Lipinski definition) is 0. The van der Waals surface area contributed by atoms with Gasteiger partial charge in [-0.15, -0.1) is 0 Å². The van der Waals surface area contributed by atoms with E-state index in [0.717, 1.165) is 24.0 Å². The molecule has 0 fully saturated rings. The van der Waals surface area contributed by atoms with E-state index in [1.165, 1.54) is 198 Å². The van der Waals surface area contributed by atoms with Crippen molar-refractivity contribution in [2.45, 2.75) is 351 Å². The first kappa shape index (κ1) is 73.1. The second kappa shape index (κ2) is 33.5. The molecule has 0 radical (unpaired) electrons. The highest BCUT2D eigenvalue weighted by atomic mass is 16.6. The van der Waals surface area contributed by atoms with Gasteiger partial charge in [0.25, 0.3) is 0 Å². The first-order valence-corrected chi connectivity index (χ1v) is 34.8. The zero-order chi connectivity index (χ0) is 59.7. The van der Waals surface area contributed by atoms with Crippen LogP contribution < -0.4 is 4.74 Å². The average Bonchev–Trinajstić information content (AvgIpc) is 3.50. The molecular formula is C76H138O3. The van der Waals surface area contributed by atoms with E-state index < -0.39 is 5.41 Å². The molecule has 2 aromatic rings. The van der Waals surface area contributed by atoms with Crippen molar-refractivity contribution in [3.8, 4) is 5.75 Å². The molecule has 0 aromatic heterocycles. The van der Waals surface area contributed by atoms with Crippen molar-refractivity contribution in [1.29, 1.82) is 0 Å². The third-order valence-corrected chi connectivity index (χ3v) is 25.2. The van der Waals surface area contributed by atoms with Gasteiger partial charge >= 0.3 is 5.97 Å². The zero-order valence-electron chi connectivity index (χ0n) is 57.3. The quantitative estimate of drug-likeness (QED) is 0.0490. The van der Waals surface area contributed by atoms with E-state index in [4.69, 9.17) is 9.47 Å². The summed E-state index contributed by atoms with van der Waals surface area (Å²) in [4.78, 5) is 15.8. The topological polar surface area (TPSA) is 35.5 Å². The zero-order valence-corrected chi connectivity index (χ0v) is 57.3. The molecule has 0 aliphatic rings. The summed E-state index contributed by atoms with van der Waals surface area (Å²) in [6.07, 6.45) is 38.9. The Balaban J connectivity index is 3.51. The summed E-state index contributed by atoms with van der Waals surface area (Å²) in [6.45, 7) is 53.5. The molecule has 0 saturated carbocycles. The van der Waals surface area contributed by atoms with Gasteiger partial charge in [-0.3, -0.25) is 4.79 Å². The van der Waals surface area contributed by atoms with Crippen molar-refractivity contribution in [3.63, 3.8) is 0 Å². The highest BCUT2D eigenvalue weighted by Crippen LogP contribution is 2.68. The first-order chi connectivity index (χ1) is 37.5. The van der Waals surface area contributed by atoms with Crippen LogP contribution in [0.4, 0.5) is 0 Å². The molecule has 460 valence electrons. The van der Waals surface area contributed by atoms with Crippen LogP contribution in [0.2, 0.25) is 0 Å². The minimum Gasteiger partial charge on any atom is -0.490 e. The number of fused-ring (bicyclic) bond motifs is 1. The van der Waals surface area contributed by atoms with E-state index >= 15 is 4.79 Å². The summed E-state index contributed by atoms with van der Waals surface area (Å²) in [5.41, 5.74) is 0.853. The van der Waals surface area contributed by atoms with Crippen LogP contribution in [0.1, 0.15) is 351 Å². The van der Waals surface area contributed by atoms with Gasteiger partial charge in [0.15, 0.2) is 0 Å². The number of rotatable bonds is 46. The number of carbonyl (C=O) groups is 1. The molecule has 2 unspecified atom stereocenters. The third kappa shape index (κ3) is 19.0. The second-order valence-corrected chi connectivity index (χ2v) is 28.3. The molecule has 0 spiro atoms. The molecule has 2 rings (SSSR count). The molecule has 0 heterocycles. The maximum Gasteiger partial charge on any atom is 0.311 e. The summed E-state index contributed by atoms with van der Waals surface area (Å²) < 4.78 is 13.1. The van der Waals surface area contributed by atoms with Crippen LogP contribution in [0.15, 0.2) is 42.5 Å². The fraction of sp³-hybridized carbons (Fsp3) is 0.855. The summed E-state index contributed by atoms with van der Waals surface area (Å²) in [5, 5.41) is 2.37. The van der Waals surface area contributed by atoms with Crippen molar-refractivity contribution in [2.75, 3.05) is 13.2 Å². The van der Waals surface area contributed by atoms with E-state index in [1.807, 2.05) is 0 Å². The van der Waals surface area contributed by atoms with Crippen LogP contribution >= 0.6 is 0 Å². The summed E-state index contributed by atoms with van der Waals surface area (Å²) in [6, 6.07) is 14.8. The maximum absolute atomic E-state index is 15.8. The summed E-state index contributed by atoms with van der Waals surface area (Å²) >= 11 is 0. The molecule has 0 aliphatic carbocycles. The Bertz CT molecular complexity index is 1820.